The Morgan fingerprint density at radius 2 is 2.15 bits per heavy atom. The molecule has 3 aromatic rings. The lowest BCUT2D eigenvalue weighted by Gasteiger charge is -2.28. The number of carbonyl (C=O) groups is 1. The Hall–Kier alpha value is -2.93. The molecule has 7 nitrogen and oxygen atoms in total. The van der Waals surface area contributed by atoms with E-state index >= 15 is 0 Å². The van der Waals surface area contributed by atoms with Gasteiger partial charge in [0.25, 0.3) is 0 Å². The molecular weight excluding hydrogens is 334 g/mol. The molecule has 1 aliphatic heterocycles. The highest BCUT2D eigenvalue weighted by atomic mass is 16.5. The van der Waals surface area contributed by atoms with Gasteiger partial charge in [0.15, 0.2) is 0 Å². The molecule has 134 valence electrons. The fourth-order valence-corrected chi connectivity index (χ4v) is 3.23. The topological polar surface area (TPSA) is 90.4 Å². The van der Waals surface area contributed by atoms with Crippen molar-refractivity contribution >= 4 is 5.97 Å². The highest BCUT2D eigenvalue weighted by Crippen LogP contribution is 2.33. The number of carboxylic acids is 1. The van der Waals surface area contributed by atoms with Crippen molar-refractivity contribution in [1.82, 2.24) is 14.8 Å². The Morgan fingerprint density at radius 3 is 2.96 bits per heavy atom. The summed E-state index contributed by atoms with van der Waals surface area (Å²) in [4.78, 5) is 15.9. The number of carboxylic acid groups (broad SMARTS) is 1. The van der Waals surface area contributed by atoms with Crippen LogP contribution in [-0.2, 0) is 16.1 Å². The molecule has 3 heterocycles. The van der Waals surface area contributed by atoms with Crippen LogP contribution in [0.1, 0.15) is 30.2 Å². The van der Waals surface area contributed by atoms with Crippen LogP contribution in [0.2, 0.25) is 0 Å². The number of hydrogen-bond acceptors (Lipinski definition) is 5. The van der Waals surface area contributed by atoms with Crippen LogP contribution in [0.25, 0.3) is 11.5 Å². The molecule has 1 N–H and O–H groups in total. The highest BCUT2D eigenvalue weighted by Gasteiger charge is 2.33. The second kappa shape index (κ2) is 7.13. The SMILES string of the molecule is O=C(O)[C@@H]1CCCO[C@H]1c1cnn(Cc2coc(-c3ccccc3)n2)c1. The molecule has 0 spiro atoms. The van der Waals surface area contributed by atoms with Crippen LogP contribution in [0.5, 0.6) is 0 Å². The Kier molecular flexibility index (Phi) is 4.53. The lowest BCUT2D eigenvalue weighted by atomic mass is 9.91. The lowest BCUT2D eigenvalue weighted by molar-refractivity contribution is -0.151. The Bertz CT molecular complexity index is 887. The minimum absolute atomic E-state index is 0.445. The summed E-state index contributed by atoms with van der Waals surface area (Å²) in [5.41, 5.74) is 2.45. The van der Waals surface area contributed by atoms with E-state index in [1.165, 1.54) is 0 Å². The summed E-state index contributed by atoms with van der Waals surface area (Å²) in [5.74, 6) is -0.792. The van der Waals surface area contributed by atoms with E-state index in [-0.39, 0.29) is 0 Å². The Labute approximate surface area is 150 Å². The molecule has 26 heavy (non-hydrogen) atoms. The number of nitrogens with zero attached hydrogens (tertiary/aromatic N) is 3. The van der Waals surface area contributed by atoms with E-state index < -0.39 is 18.0 Å². The molecule has 1 saturated heterocycles. The van der Waals surface area contributed by atoms with Gasteiger partial charge in [-0.1, -0.05) is 18.2 Å². The number of oxazole rings is 1. The normalized spacial score (nSPS) is 20.2. The second-order valence-corrected chi connectivity index (χ2v) is 6.36. The van der Waals surface area contributed by atoms with Crippen LogP contribution >= 0.6 is 0 Å². The molecular formula is C19H19N3O4. The summed E-state index contributed by atoms with van der Waals surface area (Å²) in [6.45, 7) is 1.02. The molecule has 1 aliphatic rings. The maximum Gasteiger partial charge on any atom is 0.309 e. The van der Waals surface area contributed by atoms with E-state index in [1.54, 1.807) is 17.1 Å². The molecule has 0 saturated carbocycles. The molecule has 7 heteroatoms. The number of aromatic nitrogens is 3. The van der Waals surface area contributed by atoms with Crippen molar-refractivity contribution < 1.29 is 19.1 Å². The third-order valence-electron chi connectivity index (χ3n) is 4.52. The zero-order valence-electron chi connectivity index (χ0n) is 14.1. The molecule has 0 unspecified atom stereocenters. The summed E-state index contributed by atoms with van der Waals surface area (Å²) in [6, 6.07) is 9.68. The van der Waals surface area contributed by atoms with Gasteiger partial charge >= 0.3 is 5.97 Å². The first-order chi connectivity index (χ1) is 12.7. The van der Waals surface area contributed by atoms with Gasteiger partial charge in [-0.15, -0.1) is 0 Å². The van der Waals surface area contributed by atoms with Crippen molar-refractivity contribution in [2.45, 2.75) is 25.5 Å². The van der Waals surface area contributed by atoms with E-state index in [0.717, 1.165) is 23.2 Å². The predicted octanol–water partition coefficient (Wildman–Crippen LogP) is 3.14. The standard InChI is InChI=1S/C19H19N3O4/c23-19(24)16-7-4-8-25-17(16)14-9-20-22(10-14)11-15-12-26-18(21-15)13-5-2-1-3-6-13/h1-3,5-6,9-10,12,16-17H,4,7-8,11H2,(H,23,24)/t16-,17+/m1/s1. The number of benzene rings is 1. The van der Waals surface area contributed by atoms with Gasteiger partial charge < -0.3 is 14.3 Å². The summed E-state index contributed by atoms with van der Waals surface area (Å²) in [7, 11) is 0. The van der Waals surface area contributed by atoms with Gasteiger partial charge in [-0.25, -0.2) is 4.98 Å². The fourth-order valence-electron chi connectivity index (χ4n) is 3.23. The van der Waals surface area contributed by atoms with E-state index in [1.807, 2.05) is 36.5 Å². The lowest BCUT2D eigenvalue weighted by Crippen LogP contribution is -2.28. The van der Waals surface area contributed by atoms with Crippen molar-refractivity contribution in [1.29, 1.82) is 0 Å². The van der Waals surface area contributed by atoms with Crippen molar-refractivity contribution in [3.8, 4) is 11.5 Å². The van der Waals surface area contributed by atoms with E-state index in [9.17, 15) is 9.90 Å². The van der Waals surface area contributed by atoms with Crippen LogP contribution in [-0.4, -0.2) is 32.4 Å². The minimum atomic E-state index is -0.827. The van der Waals surface area contributed by atoms with Crippen LogP contribution in [0.15, 0.2) is 53.4 Å². The summed E-state index contributed by atoms with van der Waals surface area (Å²) >= 11 is 0. The van der Waals surface area contributed by atoms with Crippen LogP contribution in [0.3, 0.4) is 0 Å². The Balaban J connectivity index is 1.49. The summed E-state index contributed by atoms with van der Waals surface area (Å²) < 4.78 is 13.0. The maximum absolute atomic E-state index is 11.4. The average Bonchev–Trinajstić information content (AvgIpc) is 3.32. The largest absolute Gasteiger partial charge is 0.481 e. The highest BCUT2D eigenvalue weighted by molar-refractivity contribution is 5.71. The molecule has 0 aliphatic carbocycles. The summed E-state index contributed by atoms with van der Waals surface area (Å²) in [6.07, 6.45) is 6.04. The van der Waals surface area contributed by atoms with E-state index in [2.05, 4.69) is 10.1 Å². The first-order valence-electron chi connectivity index (χ1n) is 8.57. The van der Waals surface area contributed by atoms with E-state index in [4.69, 9.17) is 9.15 Å². The number of hydrogen-bond donors (Lipinski definition) is 1. The van der Waals surface area contributed by atoms with Crippen molar-refractivity contribution in [2.24, 2.45) is 5.92 Å². The Morgan fingerprint density at radius 1 is 1.31 bits per heavy atom. The van der Waals surface area contributed by atoms with Gasteiger partial charge in [0.1, 0.15) is 12.0 Å². The first-order valence-corrected chi connectivity index (χ1v) is 8.57. The molecule has 2 aromatic heterocycles. The molecule has 1 fully saturated rings. The van der Waals surface area contributed by atoms with Crippen molar-refractivity contribution in [3.05, 3.63) is 60.2 Å². The number of ether oxygens (including phenoxy) is 1. The van der Waals surface area contributed by atoms with Gasteiger partial charge in [0.2, 0.25) is 5.89 Å². The second-order valence-electron chi connectivity index (χ2n) is 6.36. The van der Waals surface area contributed by atoms with Gasteiger partial charge in [-0.3, -0.25) is 9.48 Å². The monoisotopic (exact) mass is 353 g/mol. The third-order valence-corrected chi connectivity index (χ3v) is 4.52. The minimum Gasteiger partial charge on any atom is -0.481 e. The van der Waals surface area contributed by atoms with Crippen LogP contribution in [0.4, 0.5) is 0 Å². The predicted molar refractivity (Wildman–Crippen MR) is 92.3 cm³/mol. The van der Waals surface area contributed by atoms with Crippen molar-refractivity contribution in [2.75, 3.05) is 6.61 Å². The van der Waals surface area contributed by atoms with Gasteiger partial charge in [-0.05, 0) is 25.0 Å². The van der Waals surface area contributed by atoms with E-state index in [0.29, 0.717) is 25.5 Å². The quantitative estimate of drug-likeness (QED) is 0.758. The van der Waals surface area contributed by atoms with Crippen LogP contribution in [0, 0.1) is 5.92 Å². The molecule has 0 radical (unpaired) electrons. The van der Waals surface area contributed by atoms with Gasteiger partial charge in [0, 0.05) is 23.9 Å². The summed E-state index contributed by atoms with van der Waals surface area (Å²) in [5, 5.41) is 13.7. The van der Waals surface area contributed by atoms with Crippen LogP contribution < -0.4 is 0 Å². The zero-order valence-corrected chi connectivity index (χ0v) is 14.1. The first kappa shape index (κ1) is 16.5. The number of aliphatic carboxylic acids is 1. The third kappa shape index (κ3) is 3.39. The fraction of sp³-hybridized carbons (Fsp3) is 0.316. The maximum atomic E-state index is 11.4. The molecule has 0 amide bonds. The molecule has 1 aromatic carbocycles. The van der Waals surface area contributed by atoms with Gasteiger partial charge in [-0.2, -0.15) is 5.10 Å². The molecule has 0 bridgehead atoms. The smallest absolute Gasteiger partial charge is 0.309 e. The van der Waals surface area contributed by atoms with Crippen molar-refractivity contribution in [3.63, 3.8) is 0 Å². The average molecular weight is 353 g/mol. The number of rotatable bonds is 5. The molecule has 4 rings (SSSR count). The molecule has 2 atom stereocenters. The van der Waals surface area contributed by atoms with Gasteiger partial charge in [0.05, 0.1) is 24.8 Å². The zero-order chi connectivity index (χ0) is 17.9.